The summed E-state index contributed by atoms with van der Waals surface area (Å²) in [6.07, 6.45) is 0.0236. The second kappa shape index (κ2) is 16.3. The number of amides is 6. The van der Waals surface area contributed by atoms with Gasteiger partial charge >= 0.3 is 0 Å². The molecule has 0 saturated carbocycles. The van der Waals surface area contributed by atoms with E-state index < -0.39 is 48.0 Å². The molecule has 18 heteroatoms. The second-order valence-corrected chi connectivity index (χ2v) is 17.1. The molecule has 1 fully saturated rings. The van der Waals surface area contributed by atoms with Gasteiger partial charge in [0.1, 0.15) is 28.4 Å². The minimum absolute atomic E-state index is 0.0000888. The highest BCUT2D eigenvalue weighted by atomic mass is 35.5. The Labute approximate surface area is 348 Å². The number of piperidine rings is 1. The predicted octanol–water partition coefficient (Wildman–Crippen LogP) is 5.44. The van der Waals surface area contributed by atoms with Crippen molar-refractivity contribution in [1.29, 1.82) is 0 Å². The average Bonchev–Trinajstić information content (AvgIpc) is 3.80. The number of nitrogens with one attached hydrogen (secondary N) is 3. The summed E-state index contributed by atoms with van der Waals surface area (Å²) in [5.41, 5.74) is 5.24. The van der Waals surface area contributed by atoms with Crippen LogP contribution in [0.25, 0.3) is 5.00 Å². The fraction of sp³-hybridized carbons (Fsp3) is 0.244. The Morgan fingerprint density at radius 2 is 1.63 bits per heavy atom. The van der Waals surface area contributed by atoms with E-state index in [1.54, 1.807) is 11.3 Å². The van der Waals surface area contributed by atoms with Crippen LogP contribution in [0.4, 0.5) is 4.79 Å². The molecule has 0 bridgehead atoms. The molecule has 3 unspecified atom stereocenters. The van der Waals surface area contributed by atoms with Crippen molar-refractivity contribution >= 4 is 72.4 Å². The van der Waals surface area contributed by atoms with Crippen LogP contribution in [-0.2, 0) is 27.5 Å². The molecule has 0 spiro atoms. The smallest absolute Gasteiger partial charge is 0.266 e. The number of aliphatic imine (C=N–C) groups is 1. The standard InChI is InChI=1S/C41H36ClN8O7PS/c1-20-21(2)59-40-32(20)34(25-11-13-26(42)14-12-25)46-37(35-48-47-22(3)49(35)40)58-41(56)44-18-24-9-7-23(8-10-24)17-43-31(52)19-57-29-6-4-5-27-33(29)39(55)50(38(27)54)28-15-16-30(51)45-36(28)53/h4-14,28,37,58H,15-19H2,1-3H3,(H,43,52)(H,44,56)(H,45,51,53). The minimum atomic E-state index is -1.12. The van der Waals surface area contributed by atoms with E-state index in [4.69, 9.17) is 21.3 Å². The number of rotatable bonds is 11. The number of fused-ring (bicyclic) bond motifs is 4. The topological polar surface area (TPSA) is 194 Å². The molecule has 1 saturated heterocycles. The predicted molar refractivity (Wildman–Crippen MR) is 221 cm³/mol. The number of ether oxygens (including phenoxy) is 1. The largest absolute Gasteiger partial charge is 0.483 e. The van der Waals surface area contributed by atoms with Crippen LogP contribution in [0.2, 0.25) is 5.02 Å². The van der Waals surface area contributed by atoms with Gasteiger partial charge in [0, 0.05) is 49.1 Å². The fourth-order valence-electron chi connectivity index (χ4n) is 7.16. The van der Waals surface area contributed by atoms with Gasteiger partial charge in [0.25, 0.3) is 17.7 Å². The van der Waals surface area contributed by atoms with Gasteiger partial charge in [-0.15, -0.1) is 21.5 Å². The van der Waals surface area contributed by atoms with Crippen molar-refractivity contribution in [3.63, 3.8) is 0 Å². The van der Waals surface area contributed by atoms with Gasteiger partial charge in [-0.1, -0.05) is 54.1 Å². The molecule has 2 aromatic heterocycles. The van der Waals surface area contributed by atoms with Crippen molar-refractivity contribution in [2.24, 2.45) is 4.99 Å². The number of carbonyl (C=O) groups excluding carboxylic acids is 6. The Morgan fingerprint density at radius 1 is 0.915 bits per heavy atom. The van der Waals surface area contributed by atoms with Gasteiger partial charge in [-0.2, -0.15) is 0 Å². The average molecular weight is 851 g/mol. The van der Waals surface area contributed by atoms with E-state index in [1.807, 2.05) is 60.0 Å². The molecule has 3 aliphatic rings. The van der Waals surface area contributed by atoms with Gasteiger partial charge in [0.15, 0.2) is 12.4 Å². The van der Waals surface area contributed by atoms with E-state index >= 15 is 0 Å². The maximum absolute atomic E-state index is 13.5. The molecule has 5 aromatic rings. The number of thiophene rings is 1. The van der Waals surface area contributed by atoms with Crippen molar-refractivity contribution in [2.75, 3.05) is 6.61 Å². The zero-order valence-electron chi connectivity index (χ0n) is 31.9. The summed E-state index contributed by atoms with van der Waals surface area (Å²) in [6.45, 7) is 6.07. The minimum Gasteiger partial charge on any atom is -0.483 e. The molecular weight excluding hydrogens is 815 g/mol. The maximum atomic E-state index is 13.5. The number of imide groups is 2. The number of halogens is 1. The molecule has 5 heterocycles. The third-order valence-corrected chi connectivity index (χ3v) is 12.8. The molecule has 3 N–H and O–H groups in total. The number of carbonyl (C=O) groups is 6. The molecule has 300 valence electrons. The molecule has 3 aliphatic heterocycles. The summed E-state index contributed by atoms with van der Waals surface area (Å²) in [5.74, 6) is -2.27. The zero-order chi connectivity index (χ0) is 41.5. The third kappa shape index (κ3) is 7.78. The Kier molecular flexibility index (Phi) is 11.0. The Balaban J connectivity index is 0.866. The van der Waals surface area contributed by atoms with Crippen molar-refractivity contribution < 1.29 is 33.5 Å². The lowest BCUT2D eigenvalue weighted by Gasteiger charge is -2.27. The molecule has 0 aliphatic carbocycles. The molecular formula is C41H36ClN8O7PS. The van der Waals surface area contributed by atoms with Crippen molar-refractivity contribution in [3.8, 4) is 10.8 Å². The highest BCUT2D eigenvalue weighted by Crippen LogP contribution is 2.44. The summed E-state index contributed by atoms with van der Waals surface area (Å²) in [5, 5.41) is 18.4. The monoisotopic (exact) mass is 850 g/mol. The first kappa shape index (κ1) is 39.7. The highest BCUT2D eigenvalue weighted by molar-refractivity contribution is 7.58. The van der Waals surface area contributed by atoms with Crippen LogP contribution in [0.1, 0.15) is 83.7 Å². The first-order valence-electron chi connectivity index (χ1n) is 18.6. The number of hydrogen-bond donors (Lipinski definition) is 3. The first-order chi connectivity index (χ1) is 28.4. The second-order valence-electron chi connectivity index (χ2n) is 14.1. The molecule has 6 amide bonds. The fourth-order valence-corrected chi connectivity index (χ4v) is 9.45. The van der Waals surface area contributed by atoms with Gasteiger partial charge in [-0.25, -0.2) is 0 Å². The van der Waals surface area contributed by atoms with Gasteiger partial charge in [0.05, 0.1) is 16.8 Å². The van der Waals surface area contributed by atoms with E-state index in [-0.39, 0.29) is 57.0 Å². The summed E-state index contributed by atoms with van der Waals surface area (Å²) in [6, 6.07) is 18.2. The Morgan fingerprint density at radius 3 is 2.34 bits per heavy atom. The van der Waals surface area contributed by atoms with Crippen molar-refractivity contribution in [2.45, 2.75) is 58.5 Å². The van der Waals surface area contributed by atoms with Crippen LogP contribution < -0.4 is 20.7 Å². The van der Waals surface area contributed by atoms with Gasteiger partial charge < -0.3 is 15.4 Å². The lowest BCUT2D eigenvalue weighted by Crippen LogP contribution is -2.54. The van der Waals surface area contributed by atoms with E-state index in [2.05, 4.69) is 40.0 Å². The number of aryl methyl sites for hydroxylation is 2. The van der Waals surface area contributed by atoms with E-state index in [9.17, 15) is 28.8 Å². The van der Waals surface area contributed by atoms with Crippen LogP contribution >= 0.6 is 31.5 Å². The van der Waals surface area contributed by atoms with Crippen LogP contribution in [0.3, 0.4) is 0 Å². The number of aromatic nitrogens is 3. The Bertz CT molecular complexity index is 2610. The van der Waals surface area contributed by atoms with Gasteiger partial charge in [0.2, 0.25) is 17.5 Å². The molecule has 15 nitrogen and oxygen atoms in total. The molecule has 3 aromatic carbocycles. The maximum Gasteiger partial charge on any atom is 0.266 e. The summed E-state index contributed by atoms with van der Waals surface area (Å²) in [7, 11) is -0.281. The first-order valence-corrected chi connectivity index (χ1v) is 20.9. The normalized spacial score (nSPS) is 17.3. The zero-order valence-corrected chi connectivity index (χ0v) is 34.5. The van der Waals surface area contributed by atoms with Crippen molar-refractivity contribution in [1.82, 2.24) is 35.6 Å². The van der Waals surface area contributed by atoms with E-state index in [0.29, 0.717) is 16.7 Å². The van der Waals surface area contributed by atoms with Crippen molar-refractivity contribution in [3.05, 3.63) is 127 Å². The Hall–Kier alpha value is -6.09. The molecule has 3 atom stereocenters. The van der Waals surface area contributed by atoms with Crippen LogP contribution in [0, 0.1) is 20.8 Å². The van der Waals surface area contributed by atoms with Crippen LogP contribution in [-0.4, -0.2) is 73.2 Å². The van der Waals surface area contributed by atoms with Gasteiger partial charge in [-0.05, 0) is 68.1 Å². The molecule has 8 rings (SSSR count). The van der Waals surface area contributed by atoms with Crippen LogP contribution in [0.5, 0.6) is 5.75 Å². The molecule has 59 heavy (non-hydrogen) atoms. The van der Waals surface area contributed by atoms with Crippen LogP contribution in [0.15, 0.2) is 71.7 Å². The lowest BCUT2D eigenvalue weighted by atomic mass is 10.00. The van der Waals surface area contributed by atoms with Gasteiger partial charge in [-0.3, -0.25) is 48.5 Å². The number of hydrogen-bond acceptors (Lipinski definition) is 11. The summed E-state index contributed by atoms with van der Waals surface area (Å²) < 4.78 is 7.69. The third-order valence-electron chi connectivity index (χ3n) is 10.3. The quantitative estimate of drug-likeness (QED) is 0.115. The summed E-state index contributed by atoms with van der Waals surface area (Å²) >= 11 is 7.87. The summed E-state index contributed by atoms with van der Waals surface area (Å²) in [4.78, 5) is 83.9. The van der Waals surface area contributed by atoms with E-state index in [0.717, 1.165) is 48.3 Å². The van der Waals surface area contributed by atoms with E-state index in [1.165, 1.54) is 18.2 Å². The lowest BCUT2D eigenvalue weighted by molar-refractivity contribution is -0.136. The SMILES string of the molecule is Cc1sc2c(c1C)C(c1ccc(Cl)cc1)=NC(PC(=O)NCc1ccc(CNC(=O)COc3cccc4c3C(=O)N(C3CCC(=O)NC3=O)C4=O)cc1)c1nnc(C)n1-2. The highest BCUT2D eigenvalue weighted by Gasteiger charge is 2.46. The number of nitrogens with zero attached hydrogens (tertiary/aromatic N) is 5. The number of benzene rings is 3. The molecule has 0 radical (unpaired) electrons.